The van der Waals surface area contributed by atoms with Gasteiger partial charge in [0, 0.05) is 42.5 Å². The molecule has 1 aliphatic rings. The van der Waals surface area contributed by atoms with E-state index in [0.29, 0.717) is 34.8 Å². The van der Waals surface area contributed by atoms with E-state index in [4.69, 9.17) is 4.52 Å². The van der Waals surface area contributed by atoms with Gasteiger partial charge >= 0.3 is 0 Å². The minimum Gasteiger partial charge on any atom is -0.351 e. The van der Waals surface area contributed by atoms with E-state index in [1.807, 2.05) is 49.6 Å². The molecule has 1 N–H and O–H groups in total. The van der Waals surface area contributed by atoms with Crippen LogP contribution in [0.5, 0.6) is 0 Å². The quantitative estimate of drug-likeness (QED) is 0.423. The predicted molar refractivity (Wildman–Crippen MR) is 123 cm³/mol. The molecule has 0 bridgehead atoms. The maximum atomic E-state index is 13.4. The molecule has 1 aliphatic carbocycles. The van der Waals surface area contributed by atoms with Crippen LogP contribution in [0.1, 0.15) is 40.4 Å². The summed E-state index contributed by atoms with van der Waals surface area (Å²) in [5, 5.41) is 9.21. The third-order valence-electron chi connectivity index (χ3n) is 6.16. The highest BCUT2D eigenvalue weighted by Crippen LogP contribution is 2.41. The highest BCUT2D eigenvalue weighted by Gasteiger charge is 2.29. The number of aromatic nitrogens is 3. The van der Waals surface area contributed by atoms with Crippen LogP contribution in [0.4, 0.5) is 0 Å². The van der Waals surface area contributed by atoms with Crippen molar-refractivity contribution in [3.8, 4) is 11.3 Å². The number of pyridine rings is 1. The Morgan fingerprint density at radius 2 is 1.97 bits per heavy atom. The van der Waals surface area contributed by atoms with Gasteiger partial charge in [-0.15, -0.1) is 0 Å². The lowest BCUT2D eigenvalue weighted by Crippen LogP contribution is -2.23. The zero-order valence-electron chi connectivity index (χ0n) is 17.7. The van der Waals surface area contributed by atoms with Gasteiger partial charge < -0.3 is 14.4 Å². The van der Waals surface area contributed by atoms with Crippen LogP contribution in [0.2, 0.25) is 0 Å². The molecule has 0 spiro atoms. The number of rotatable bonds is 5. The lowest BCUT2D eigenvalue weighted by molar-refractivity contribution is 0.0952. The summed E-state index contributed by atoms with van der Waals surface area (Å²) < 4.78 is 7.67. The van der Waals surface area contributed by atoms with E-state index in [9.17, 15) is 4.79 Å². The molecule has 3 aromatic heterocycles. The molecule has 1 amide bonds. The molecule has 0 atom stereocenters. The second kappa shape index (κ2) is 7.34. The molecule has 0 radical (unpaired) electrons. The van der Waals surface area contributed by atoms with Crippen molar-refractivity contribution in [1.29, 1.82) is 0 Å². The van der Waals surface area contributed by atoms with Crippen molar-refractivity contribution in [3.63, 3.8) is 0 Å². The highest BCUT2D eigenvalue weighted by atomic mass is 16.5. The van der Waals surface area contributed by atoms with Crippen molar-refractivity contribution >= 4 is 27.9 Å². The first kappa shape index (κ1) is 18.8. The molecule has 3 heterocycles. The first-order valence-corrected chi connectivity index (χ1v) is 10.9. The van der Waals surface area contributed by atoms with Gasteiger partial charge in [-0.25, -0.2) is 4.98 Å². The summed E-state index contributed by atoms with van der Waals surface area (Å²) in [6.45, 7) is 0.439. The van der Waals surface area contributed by atoms with Crippen LogP contribution in [-0.4, -0.2) is 20.6 Å². The fourth-order valence-electron chi connectivity index (χ4n) is 4.23. The Labute approximate surface area is 184 Å². The van der Waals surface area contributed by atoms with Crippen LogP contribution < -0.4 is 5.32 Å². The van der Waals surface area contributed by atoms with Crippen molar-refractivity contribution < 1.29 is 9.32 Å². The van der Waals surface area contributed by atoms with E-state index >= 15 is 0 Å². The highest BCUT2D eigenvalue weighted by molar-refractivity contribution is 6.09. The predicted octanol–water partition coefficient (Wildman–Crippen LogP) is 5.19. The number of nitrogens with zero attached hydrogens (tertiary/aromatic N) is 3. The number of amides is 1. The number of carbonyl (C=O) groups excluding carboxylic acids is 1. The lowest BCUT2D eigenvalue weighted by Gasteiger charge is -2.09. The van der Waals surface area contributed by atoms with Gasteiger partial charge in [0.1, 0.15) is 5.69 Å². The van der Waals surface area contributed by atoms with Crippen LogP contribution in [-0.2, 0) is 13.6 Å². The molecular weight excluding hydrogens is 400 g/mol. The number of hydrogen-bond donors (Lipinski definition) is 1. The Bertz CT molecular complexity index is 1460. The number of fused-ring (bicyclic) bond motifs is 2. The molecule has 0 unspecified atom stereocenters. The second-order valence-corrected chi connectivity index (χ2v) is 8.45. The summed E-state index contributed by atoms with van der Waals surface area (Å²) in [5.41, 5.74) is 5.63. The topological polar surface area (TPSA) is 73.0 Å². The summed E-state index contributed by atoms with van der Waals surface area (Å²) in [4.78, 5) is 18.0. The molecule has 2 aromatic carbocycles. The van der Waals surface area contributed by atoms with E-state index in [-0.39, 0.29) is 5.91 Å². The van der Waals surface area contributed by atoms with Crippen LogP contribution in [0.25, 0.3) is 33.3 Å². The Balaban J connectivity index is 1.37. The molecule has 1 saturated carbocycles. The van der Waals surface area contributed by atoms with Gasteiger partial charge in [-0.2, -0.15) is 0 Å². The molecule has 32 heavy (non-hydrogen) atoms. The van der Waals surface area contributed by atoms with E-state index in [1.165, 1.54) is 5.39 Å². The largest absolute Gasteiger partial charge is 0.351 e. The minimum absolute atomic E-state index is 0.147. The first-order valence-electron chi connectivity index (χ1n) is 10.9. The maximum absolute atomic E-state index is 13.4. The molecule has 6 rings (SSSR count). The summed E-state index contributed by atoms with van der Waals surface area (Å²) in [7, 11) is 2.02. The van der Waals surface area contributed by atoms with Crippen molar-refractivity contribution in [2.45, 2.75) is 25.3 Å². The maximum Gasteiger partial charge on any atom is 0.259 e. The zero-order chi connectivity index (χ0) is 21.7. The summed E-state index contributed by atoms with van der Waals surface area (Å²) in [5.74, 6) is 0.252. The Morgan fingerprint density at radius 1 is 1.12 bits per heavy atom. The van der Waals surface area contributed by atoms with E-state index < -0.39 is 0 Å². The molecule has 0 aliphatic heterocycles. The Morgan fingerprint density at radius 3 is 2.78 bits per heavy atom. The smallest absolute Gasteiger partial charge is 0.259 e. The summed E-state index contributed by atoms with van der Waals surface area (Å²) in [6.07, 6.45) is 4.23. The number of hydrogen-bond acceptors (Lipinski definition) is 4. The Kier molecular flexibility index (Phi) is 4.31. The standard InChI is InChI=1S/C26H22N4O2/c1-30-12-11-18-8-7-16(13-22(18)30)15-27-25(31)20-14-21(17-9-10-17)28-26-23(20)24(29-32-26)19-5-3-2-4-6-19/h2-8,11-14,17H,9-10,15H2,1H3,(H,27,31). The van der Waals surface area contributed by atoms with Gasteiger partial charge in [0.05, 0.1) is 10.9 Å². The van der Waals surface area contributed by atoms with Gasteiger partial charge in [-0.05, 0) is 42.0 Å². The molecular formula is C26H22N4O2. The molecule has 6 nitrogen and oxygen atoms in total. The van der Waals surface area contributed by atoms with Crippen LogP contribution in [0.15, 0.2) is 71.4 Å². The van der Waals surface area contributed by atoms with Crippen LogP contribution in [0, 0.1) is 0 Å². The molecule has 6 heteroatoms. The average molecular weight is 422 g/mol. The van der Waals surface area contributed by atoms with Crippen molar-refractivity contribution in [1.82, 2.24) is 20.0 Å². The van der Waals surface area contributed by atoms with E-state index in [0.717, 1.165) is 35.2 Å². The SMILES string of the molecule is Cn1ccc2ccc(CNC(=O)c3cc(C4CC4)nc4onc(-c5ccccc5)c34)cc21. The normalized spacial score (nSPS) is 13.7. The number of carbonyl (C=O) groups is 1. The summed E-state index contributed by atoms with van der Waals surface area (Å²) >= 11 is 0. The summed E-state index contributed by atoms with van der Waals surface area (Å²) in [6, 6.07) is 20.0. The number of benzene rings is 2. The molecule has 0 saturated heterocycles. The monoisotopic (exact) mass is 422 g/mol. The third-order valence-corrected chi connectivity index (χ3v) is 6.16. The lowest BCUT2D eigenvalue weighted by atomic mass is 10.0. The van der Waals surface area contributed by atoms with Crippen molar-refractivity contribution in [2.75, 3.05) is 0 Å². The van der Waals surface area contributed by atoms with E-state index in [2.05, 4.69) is 44.3 Å². The van der Waals surface area contributed by atoms with Crippen LogP contribution in [0.3, 0.4) is 0 Å². The van der Waals surface area contributed by atoms with Gasteiger partial charge in [0.15, 0.2) is 0 Å². The minimum atomic E-state index is -0.147. The van der Waals surface area contributed by atoms with Gasteiger partial charge in [-0.1, -0.05) is 47.6 Å². The number of aryl methyl sites for hydroxylation is 1. The third kappa shape index (κ3) is 3.24. The van der Waals surface area contributed by atoms with Gasteiger partial charge in [0.2, 0.25) is 0 Å². The fourth-order valence-corrected chi connectivity index (χ4v) is 4.23. The van der Waals surface area contributed by atoms with E-state index in [1.54, 1.807) is 0 Å². The number of nitrogens with one attached hydrogen (secondary N) is 1. The van der Waals surface area contributed by atoms with Gasteiger partial charge in [-0.3, -0.25) is 4.79 Å². The molecule has 158 valence electrons. The second-order valence-electron chi connectivity index (χ2n) is 8.45. The van der Waals surface area contributed by atoms with Crippen molar-refractivity contribution in [2.24, 2.45) is 7.05 Å². The molecule has 5 aromatic rings. The average Bonchev–Trinajstić information content (AvgIpc) is 3.50. The molecule has 1 fully saturated rings. The Hall–Kier alpha value is -3.93. The van der Waals surface area contributed by atoms with Crippen LogP contribution >= 0.6 is 0 Å². The fraction of sp³-hybridized carbons (Fsp3) is 0.192. The van der Waals surface area contributed by atoms with Gasteiger partial charge in [0.25, 0.3) is 11.6 Å². The first-order chi connectivity index (χ1) is 15.7. The zero-order valence-corrected chi connectivity index (χ0v) is 17.7. The van der Waals surface area contributed by atoms with Crippen molar-refractivity contribution in [3.05, 3.63) is 83.7 Å².